The fourth-order valence-electron chi connectivity index (χ4n) is 0.622. The second-order valence-corrected chi connectivity index (χ2v) is 2.92. The summed E-state index contributed by atoms with van der Waals surface area (Å²) in [6.07, 6.45) is -0.613. The van der Waals surface area contributed by atoms with E-state index in [0.717, 1.165) is 0 Å². The molecule has 0 radical (unpaired) electrons. The van der Waals surface area contributed by atoms with Crippen LogP contribution < -0.4 is 4.72 Å². The summed E-state index contributed by atoms with van der Waals surface area (Å²) in [5.74, 6) is -2.51. The minimum Gasteiger partial charge on any atom is -0.481 e. The first-order valence-corrected chi connectivity index (χ1v) is 4.35. The standard InChI is InChI=1S/C5H9NO6S/c7-4(8)2-1-3(5(9)10)6-13(11)12/h3,6H,1-2H2,(H,7,8)(H,9,10)(H,11,12)/t3-/m1/s1. The normalized spacial score (nSPS) is 14.8. The maximum Gasteiger partial charge on any atom is 0.321 e. The van der Waals surface area contributed by atoms with Gasteiger partial charge in [-0.15, -0.1) is 0 Å². The van der Waals surface area contributed by atoms with Crippen molar-refractivity contribution in [3.05, 3.63) is 0 Å². The van der Waals surface area contributed by atoms with E-state index in [2.05, 4.69) is 0 Å². The van der Waals surface area contributed by atoms with E-state index in [9.17, 15) is 13.8 Å². The zero-order chi connectivity index (χ0) is 10.4. The number of carboxylic acid groups (broad SMARTS) is 2. The summed E-state index contributed by atoms with van der Waals surface area (Å²) >= 11 is -2.45. The Hall–Kier alpha value is -0.990. The van der Waals surface area contributed by atoms with Crippen LogP contribution >= 0.6 is 0 Å². The van der Waals surface area contributed by atoms with Crippen LogP contribution in [0, 0.1) is 0 Å². The van der Waals surface area contributed by atoms with Crippen molar-refractivity contribution in [1.82, 2.24) is 4.72 Å². The summed E-state index contributed by atoms with van der Waals surface area (Å²) in [6, 6.07) is -1.32. The van der Waals surface area contributed by atoms with Crippen LogP contribution in [-0.4, -0.2) is 37.0 Å². The molecule has 0 spiro atoms. The molecule has 0 aromatic heterocycles. The highest BCUT2D eigenvalue weighted by Gasteiger charge is 2.19. The first-order valence-electron chi connectivity index (χ1n) is 3.25. The van der Waals surface area contributed by atoms with E-state index in [-0.39, 0.29) is 12.8 Å². The van der Waals surface area contributed by atoms with Gasteiger partial charge in [0.1, 0.15) is 6.04 Å². The first-order chi connectivity index (χ1) is 5.93. The molecule has 4 N–H and O–H groups in total. The van der Waals surface area contributed by atoms with Crippen LogP contribution in [0.2, 0.25) is 0 Å². The zero-order valence-corrected chi connectivity index (χ0v) is 7.28. The first kappa shape index (κ1) is 12.0. The van der Waals surface area contributed by atoms with Gasteiger partial charge < -0.3 is 10.2 Å². The van der Waals surface area contributed by atoms with Crippen LogP contribution in [-0.2, 0) is 20.9 Å². The van der Waals surface area contributed by atoms with Gasteiger partial charge in [0.15, 0.2) is 0 Å². The van der Waals surface area contributed by atoms with E-state index < -0.39 is 29.2 Å². The molecule has 0 aromatic carbocycles. The number of hydrogen-bond acceptors (Lipinski definition) is 3. The Labute approximate surface area is 76.2 Å². The third-order valence-corrected chi connectivity index (χ3v) is 1.67. The molecule has 2 atom stereocenters. The lowest BCUT2D eigenvalue weighted by atomic mass is 10.2. The second kappa shape index (κ2) is 5.62. The minimum atomic E-state index is -2.45. The van der Waals surface area contributed by atoms with Crippen molar-refractivity contribution >= 4 is 23.2 Å². The summed E-state index contributed by atoms with van der Waals surface area (Å²) in [6.45, 7) is 0. The van der Waals surface area contributed by atoms with Crippen molar-refractivity contribution in [2.45, 2.75) is 18.9 Å². The molecule has 0 saturated heterocycles. The molecule has 8 heteroatoms. The Kier molecular flexibility index (Phi) is 5.19. The summed E-state index contributed by atoms with van der Waals surface area (Å²) in [7, 11) is 0. The summed E-state index contributed by atoms with van der Waals surface area (Å²) < 4.78 is 20.2. The van der Waals surface area contributed by atoms with Crippen molar-refractivity contribution in [2.75, 3.05) is 0 Å². The largest absolute Gasteiger partial charge is 0.481 e. The number of aliphatic carboxylic acids is 2. The van der Waals surface area contributed by atoms with Crippen LogP contribution in [0.15, 0.2) is 0 Å². The van der Waals surface area contributed by atoms with Crippen molar-refractivity contribution in [2.24, 2.45) is 0 Å². The molecule has 0 aliphatic carbocycles. The van der Waals surface area contributed by atoms with E-state index >= 15 is 0 Å². The number of carboxylic acids is 2. The average Bonchev–Trinajstić information content (AvgIpc) is 1.96. The predicted molar refractivity (Wildman–Crippen MR) is 42.2 cm³/mol. The topological polar surface area (TPSA) is 124 Å². The molecule has 1 unspecified atom stereocenters. The highest BCUT2D eigenvalue weighted by molar-refractivity contribution is 7.77. The Morgan fingerprint density at radius 2 is 1.92 bits per heavy atom. The number of rotatable bonds is 6. The lowest BCUT2D eigenvalue weighted by Crippen LogP contribution is -2.37. The minimum absolute atomic E-state index is 0.239. The predicted octanol–water partition coefficient (Wildman–Crippen LogP) is -0.969. The van der Waals surface area contributed by atoms with Crippen molar-refractivity contribution in [1.29, 1.82) is 0 Å². The maximum atomic E-state index is 10.3. The van der Waals surface area contributed by atoms with E-state index in [0.29, 0.717) is 0 Å². The van der Waals surface area contributed by atoms with E-state index in [1.165, 1.54) is 0 Å². The smallest absolute Gasteiger partial charge is 0.321 e. The van der Waals surface area contributed by atoms with Gasteiger partial charge in [0.25, 0.3) is 0 Å². The van der Waals surface area contributed by atoms with Crippen LogP contribution in [0.25, 0.3) is 0 Å². The van der Waals surface area contributed by atoms with Gasteiger partial charge in [-0.2, -0.15) is 0 Å². The number of hydrogen-bond donors (Lipinski definition) is 4. The van der Waals surface area contributed by atoms with Gasteiger partial charge in [-0.05, 0) is 6.42 Å². The Bertz CT molecular complexity index is 229. The van der Waals surface area contributed by atoms with Gasteiger partial charge in [0.2, 0.25) is 11.3 Å². The van der Waals surface area contributed by atoms with Gasteiger partial charge in [-0.1, -0.05) is 0 Å². The lowest BCUT2D eigenvalue weighted by Gasteiger charge is -2.08. The quantitative estimate of drug-likeness (QED) is 0.419. The number of nitrogens with one attached hydrogen (secondary N) is 1. The van der Waals surface area contributed by atoms with Crippen LogP contribution in [0.1, 0.15) is 12.8 Å². The van der Waals surface area contributed by atoms with Gasteiger partial charge in [0, 0.05) is 6.42 Å². The molecule has 7 nitrogen and oxygen atoms in total. The molecule has 0 aliphatic rings. The van der Waals surface area contributed by atoms with Crippen molar-refractivity contribution in [3.63, 3.8) is 0 Å². The molecule has 0 fully saturated rings. The molecule has 76 valence electrons. The highest BCUT2D eigenvalue weighted by Crippen LogP contribution is 1.98. The van der Waals surface area contributed by atoms with Gasteiger partial charge in [-0.3, -0.25) is 14.1 Å². The van der Waals surface area contributed by atoms with Crippen LogP contribution in [0.5, 0.6) is 0 Å². The van der Waals surface area contributed by atoms with E-state index in [4.69, 9.17) is 14.8 Å². The highest BCUT2D eigenvalue weighted by atomic mass is 32.2. The van der Waals surface area contributed by atoms with Crippen LogP contribution in [0.4, 0.5) is 0 Å². The molecule has 0 bridgehead atoms. The molecule has 0 saturated carbocycles. The average molecular weight is 211 g/mol. The van der Waals surface area contributed by atoms with E-state index in [1.807, 2.05) is 0 Å². The Morgan fingerprint density at radius 3 is 2.23 bits per heavy atom. The lowest BCUT2D eigenvalue weighted by molar-refractivity contribution is -0.140. The molecule has 13 heavy (non-hydrogen) atoms. The molecule has 0 rings (SSSR count). The molecular weight excluding hydrogens is 202 g/mol. The van der Waals surface area contributed by atoms with Gasteiger partial charge in [0.05, 0.1) is 0 Å². The van der Waals surface area contributed by atoms with Crippen molar-refractivity contribution in [3.8, 4) is 0 Å². The molecule has 0 amide bonds. The third-order valence-electron chi connectivity index (χ3n) is 1.19. The fraction of sp³-hybridized carbons (Fsp3) is 0.600. The monoisotopic (exact) mass is 211 g/mol. The fourth-order valence-corrected chi connectivity index (χ4v) is 1.08. The Morgan fingerprint density at radius 1 is 1.38 bits per heavy atom. The maximum absolute atomic E-state index is 10.3. The van der Waals surface area contributed by atoms with E-state index in [1.54, 1.807) is 4.72 Å². The molecule has 0 heterocycles. The zero-order valence-electron chi connectivity index (χ0n) is 6.47. The summed E-state index contributed by atoms with van der Waals surface area (Å²) in [5, 5.41) is 16.7. The molecular formula is C5H9NO6S. The Balaban J connectivity index is 4.02. The summed E-state index contributed by atoms with van der Waals surface area (Å²) in [5.41, 5.74) is 0. The third kappa shape index (κ3) is 6.20. The van der Waals surface area contributed by atoms with Gasteiger partial charge >= 0.3 is 11.9 Å². The SMILES string of the molecule is O=C(O)CC[C@@H](NS(=O)O)C(=O)O. The number of carbonyl (C=O) groups is 2. The molecule has 0 aromatic rings. The van der Waals surface area contributed by atoms with Gasteiger partial charge in [-0.25, -0.2) is 8.93 Å². The summed E-state index contributed by atoms with van der Waals surface area (Å²) in [4.78, 5) is 20.4. The van der Waals surface area contributed by atoms with Crippen molar-refractivity contribution < 1.29 is 28.6 Å². The van der Waals surface area contributed by atoms with Crippen LogP contribution in [0.3, 0.4) is 0 Å². The molecule has 0 aliphatic heterocycles. The second-order valence-electron chi connectivity index (χ2n) is 2.19.